The van der Waals surface area contributed by atoms with E-state index in [2.05, 4.69) is 5.32 Å². The van der Waals surface area contributed by atoms with Crippen molar-refractivity contribution in [2.45, 2.75) is 13.0 Å². The van der Waals surface area contributed by atoms with E-state index < -0.39 is 6.10 Å². The molecule has 0 spiro atoms. The van der Waals surface area contributed by atoms with Crippen LogP contribution in [0.15, 0.2) is 18.2 Å². The van der Waals surface area contributed by atoms with Crippen molar-refractivity contribution >= 4 is 5.69 Å². The van der Waals surface area contributed by atoms with Gasteiger partial charge in [0.05, 0.1) is 26.0 Å². The van der Waals surface area contributed by atoms with Gasteiger partial charge in [0.1, 0.15) is 11.5 Å². The molecule has 0 heterocycles. The highest BCUT2D eigenvalue weighted by molar-refractivity contribution is 5.59. The van der Waals surface area contributed by atoms with Crippen molar-refractivity contribution in [1.29, 1.82) is 0 Å². The van der Waals surface area contributed by atoms with Crippen LogP contribution in [0.1, 0.15) is 6.92 Å². The summed E-state index contributed by atoms with van der Waals surface area (Å²) in [7, 11) is 3.22. The molecule has 84 valence electrons. The van der Waals surface area contributed by atoms with E-state index >= 15 is 0 Å². The van der Waals surface area contributed by atoms with Crippen LogP contribution >= 0.6 is 0 Å². The molecule has 15 heavy (non-hydrogen) atoms. The summed E-state index contributed by atoms with van der Waals surface area (Å²) in [6.07, 6.45) is -0.402. The number of hydrogen-bond donors (Lipinski definition) is 2. The van der Waals surface area contributed by atoms with E-state index in [0.29, 0.717) is 6.54 Å². The minimum atomic E-state index is -0.402. The highest BCUT2D eigenvalue weighted by atomic mass is 16.5. The van der Waals surface area contributed by atoms with Crippen molar-refractivity contribution in [3.8, 4) is 11.5 Å². The van der Waals surface area contributed by atoms with Gasteiger partial charge in [-0.05, 0) is 19.1 Å². The Balaban J connectivity index is 2.81. The number of hydrogen-bond acceptors (Lipinski definition) is 4. The molecule has 4 nitrogen and oxygen atoms in total. The second-order valence-corrected chi connectivity index (χ2v) is 3.30. The Morgan fingerprint density at radius 2 is 2.07 bits per heavy atom. The van der Waals surface area contributed by atoms with E-state index in [1.165, 1.54) is 0 Å². The lowest BCUT2D eigenvalue weighted by Gasteiger charge is -2.13. The summed E-state index contributed by atoms with van der Waals surface area (Å²) in [4.78, 5) is 0. The lowest BCUT2D eigenvalue weighted by atomic mass is 10.2. The van der Waals surface area contributed by atoms with Gasteiger partial charge in [-0.1, -0.05) is 0 Å². The van der Waals surface area contributed by atoms with Crippen LogP contribution in [0.4, 0.5) is 5.69 Å². The van der Waals surface area contributed by atoms with Crippen LogP contribution in [-0.4, -0.2) is 32.0 Å². The molecule has 0 amide bonds. The Morgan fingerprint density at radius 3 is 2.60 bits per heavy atom. The number of anilines is 1. The number of methoxy groups -OCH3 is 2. The van der Waals surface area contributed by atoms with Crippen LogP contribution in [0.5, 0.6) is 11.5 Å². The average molecular weight is 211 g/mol. The van der Waals surface area contributed by atoms with Gasteiger partial charge in [0, 0.05) is 12.6 Å². The molecular formula is C11H17NO3. The van der Waals surface area contributed by atoms with Crippen molar-refractivity contribution in [3.05, 3.63) is 18.2 Å². The van der Waals surface area contributed by atoms with Gasteiger partial charge in [0.25, 0.3) is 0 Å². The lowest BCUT2D eigenvalue weighted by Crippen LogP contribution is -2.15. The van der Waals surface area contributed by atoms with Gasteiger partial charge >= 0.3 is 0 Å². The molecule has 0 aliphatic rings. The zero-order valence-corrected chi connectivity index (χ0v) is 9.28. The summed E-state index contributed by atoms with van der Waals surface area (Å²) >= 11 is 0. The first kappa shape index (κ1) is 11.7. The number of ether oxygens (including phenoxy) is 2. The maximum atomic E-state index is 9.17. The number of aliphatic hydroxyl groups excluding tert-OH is 1. The third-order valence-corrected chi connectivity index (χ3v) is 1.99. The lowest BCUT2D eigenvalue weighted by molar-refractivity contribution is 0.208. The van der Waals surface area contributed by atoms with Gasteiger partial charge in [-0.2, -0.15) is 0 Å². The van der Waals surface area contributed by atoms with Gasteiger partial charge in [-0.25, -0.2) is 0 Å². The van der Waals surface area contributed by atoms with Crippen molar-refractivity contribution in [2.75, 3.05) is 26.1 Å². The van der Waals surface area contributed by atoms with Crippen LogP contribution < -0.4 is 14.8 Å². The van der Waals surface area contributed by atoms with Gasteiger partial charge in [0.2, 0.25) is 0 Å². The first-order valence-corrected chi connectivity index (χ1v) is 4.81. The average Bonchev–Trinajstić information content (AvgIpc) is 2.25. The largest absolute Gasteiger partial charge is 0.497 e. The Morgan fingerprint density at radius 1 is 1.33 bits per heavy atom. The molecular weight excluding hydrogens is 194 g/mol. The normalized spacial score (nSPS) is 12.0. The maximum Gasteiger partial charge on any atom is 0.142 e. The zero-order chi connectivity index (χ0) is 11.3. The molecule has 2 N–H and O–H groups in total. The summed E-state index contributed by atoms with van der Waals surface area (Å²) in [6.45, 7) is 2.20. The highest BCUT2D eigenvalue weighted by Crippen LogP contribution is 2.28. The van der Waals surface area contributed by atoms with Gasteiger partial charge < -0.3 is 19.9 Å². The van der Waals surface area contributed by atoms with E-state index in [1.807, 2.05) is 18.2 Å². The SMILES string of the molecule is COc1ccc(OC)c(NC[C@@H](C)O)c1. The Hall–Kier alpha value is -1.42. The molecule has 1 atom stereocenters. The molecule has 0 aliphatic carbocycles. The standard InChI is InChI=1S/C11H17NO3/c1-8(13)7-12-10-6-9(14-2)4-5-11(10)15-3/h4-6,8,12-13H,7H2,1-3H3/t8-/m1/s1. The molecule has 0 saturated carbocycles. The Kier molecular flexibility index (Phi) is 4.24. The van der Waals surface area contributed by atoms with Crippen LogP contribution in [0.2, 0.25) is 0 Å². The fourth-order valence-electron chi connectivity index (χ4n) is 1.21. The zero-order valence-electron chi connectivity index (χ0n) is 9.28. The molecule has 0 unspecified atom stereocenters. The van der Waals surface area contributed by atoms with Crippen molar-refractivity contribution in [1.82, 2.24) is 0 Å². The third kappa shape index (κ3) is 3.32. The van der Waals surface area contributed by atoms with Gasteiger partial charge in [-0.15, -0.1) is 0 Å². The number of rotatable bonds is 5. The molecule has 0 saturated heterocycles. The molecule has 0 aliphatic heterocycles. The third-order valence-electron chi connectivity index (χ3n) is 1.99. The number of nitrogens with one attached hydrogen (secondary N) is 1. The van der Waals surface area contributed by atoms with Crippen molar-refractivity contribution in [3.63, 3.8) is 0 Å². The van der Waals surface area contributed by atoms with Crippen molar-refractivity contribution < 1.29 is 14.6 Å². The molecule has 0 fully saturated rings. The summed E-state index contributed by atoms with van der Waals surface area (Å²) in [5, 5.41) is 12.3. The monoisotopic (exact) mass is 211 g/mol. The molecule has 4 heteroatoms. The van der Waals surface area contributed by atoms with Crippen LogP contribution in [0, 0.1) is 0 Å². The smallest absolute Gasteiger partial charge is 0.142 e. The van der Waals surface area contributed by atoms with Gasteiger partial charge in [-0.3, -0.25) is 0 Å². The maximum absolute atomic E-state index is 9.17. The molecule has 1 rings (SSSR count). The van der Waals surface area contributed by atoms with E-state index in [-0.39, 0.29) is 0 Å². The quantitative estimate of drug-likeness (QED) is 0.775. The molecule has 1 aromatic rings. The van der Waals surface area contributed by atoms with E-state index in [1.54, 1.807) is 21.1 Å². The Bertz CT molecular complexity index is 313. The number of aliphatic hydroxyl groups is 1. The first-order valence-electron chi connectivity index (χ1n) is 4.81. The van der Waals surface area contributed by atoms with Crippen LogP contribution in [0.25, 0.3) is 0 Å². The second-order valence-electron chi connectivity index (χ2n) is 3.30. The second kappa shape index (κ2) is 5.46. The van der Waals surface area contributed by atoms with Gasteiger partial charge in [0.15, 0.2) is 0 Å². The van der Waals surface area contributed by atoms with Crippen LogP contribution in [0.3, 0.4) is 0 Å². The predicted octanol–water partition coefficient (Wildman–Crippen LogP) is 1.50. The van der Waals surface area contributed by atoms with E-state index in [0.717, 1.165) is 17.2 Å². The Labute approximate surface area is 89.8 Å². The minimum Gasteiger partial charge on any atom is -0.497 e. The van der Waals surface area contributed by atoms with Crippen LogP contribution in [-0.2, 0) is 0 Å². The molecule has 1 aromatic carbocycles. The summed E-state index contributed by atoms with van der Waals surface area (Å²) in [6, 6.07) is 5.48. The first-order chi connectivity index (χ1) is 7.17. The van der Waals surface area contributed by atoms with E-state index in [4.69, 9.17) is 14.6 Å². The molecule has 0 bridgehead atoms. The topological polar surface area (TPSA) is 50.7 Å². The molecule has 0 aromatic heterocycles. The molecule has 0 radical (unpaired) electrons. The summed E-state index contributed by atoms with van der Waals surface area (Å²) in [5.74, 6) is 1.49. The number of benzene rings is 1. The summed E-state index contributed by atoms with van der Waals surface area (Å²) in [5.41, 5.74) is 0.817. The fourth-order valence-corrected chi connectivity index (χ4v) is 1.21. The van der Waals surface area contributed by atoms with E-state index in [9.17, 15) is 0 Å². The predicted molar refractivity (Wildman–Crippen MR) is 59.7 cm³/mol. The fraction of sp³-hybridized carbons (Fsp3) is 0.455. The minimum absolute atomic E-state index is 0.402. The summed E-state index contributed by atoms with van der Waals surface area (Å²) < 4.78 is 10.3. The van der Waals surface area contributed by atoms with Crippen molar-refractivity contribution in [2.24, 2.45) is 0 Å². The highest BCUT2D eigenvalue weighted by Gasteiger charge is 2.05.